The maximum atomic E-state index is 11.2. The Balaban J connectivity index is 2.31. The second-order valence-corrected chi connectivity index (χ2v) is 4.70. The smallest absolute Gasteiger partial charge is 0.219 e. The van der Waals surface area contributed by atoms with E-state index in [0.29, 0.717) is 11.4 Å². The lowest BCUT2D eigenvalue weighted by molar-refractivity contribution is 0.101. The zero-order valence-corrected chi connectivity index (χ0v) is 11.7. The van der Waals surface area contributed by atoms with Crippen LogP contribution in [-0.4, -0.2) is 10.8 Å². The van der Waals surface area contributed by atoms with Gasteiger partial charge in [-0.05, 0) is 50.5 Å². The van der Waals surface area contributed by atoms with Crippen LogP contribution in [0.25, 0.3) is 0 Å². The van der Waals surface area contributed by atoms with Crippen molar-refractivity contribution in [2.75, 3.05) is 0 Å². The van der Waals surface area contributed by atoms with Crippen LogP contribution >= 0.6 is 0 Å². The molecule has 1 aromatic heterocycles. The molecule has 0 aliphatic heterocycles. The number of aryl methyl sites for hydroxylation is 2. The van der Waals surface area contributed by atoms with Crippen LogP contribution in [0.2, 0.25) is 0 Å². The maximum Gasteiger partial charge on any atom is 0.219 e. The van der Waals surface area contributed by atoms with Crippen LogP contribution in [0.3, 0.4) is 0 Å². The van der Waals surface area contributed by atoms with Gasteiger partial charge in [0.1, 0.15) is 5.75 Å². The first kappa shape index (κ1) is 13.3. The summed E-state index contributed by atoms with van der Waals surface area (Å²) in [5, 5.41) is 0. The molecule has 0 N–H and O–H groups in total. The van der Waals surface area contributed by atoms with E-state index in [1.807, 2.05) is 26.8 Å². The van der Waals surface area contributed by atoms with Crippen molar-refractivity contribution in [2.24, 2.45) is 0 Å². The number of pyridine rings is 1. The van der Waals surface area contributed by atoms with Crippen molar-refractivity contribution in [2.45, 2.75) is 27.7 Å². The van der Waals surface area contributed by atoms with Crippen molar-refractivity contribution in [3.63, 3.8) is 0 Å². The lowest BCUT2D eigenvalue weighted by Gasteiger charge is -2.12. The third kappa shape index (κ3) is 2.81. The molecule has 2 rings (SSSR count). The summed E-state index contributed by atoms with van der Waals surface area (Å²) in [7, 11) is 0. The molecule has 0 aliphatic carbocycles. The average molecular weight is 255 g/mol. The quantitative estimate of drug-likeness (QED) is 0.778. The normalized spacial score (nSPS) is 10.3. The van der Waals surface area contributed by atoms with Gasteiger partial charge in [-0.1, -0.05) is 12.1 Å². The van der Waals surface area contributed by atoms with Gasteiger partial charge in [-0.3, -0.25) is 4.79 Å². The highest BCUT2D eigenvalue weighted by atomic mass is 16.5. The van der Waals surface area contributed by atoms with E-state index in [2.05, 4.69) is 11.1 Å². The molecule has 98 valence electrons. The van der Waals surface area contributed by atoms with Gasteiger partial charge in [0, 0.05) is 17.8 Å². The molecule has 0 atom stereocenters. The highest BCUT2D eigenvalue weighted by Gasteiger charge is 2.09. The summed E-state index contributed by atoms with van der Waals surface area (Å²) in [4.78, 5) is 15.4. The molecule has 1 heterocycles. The molecule has 0 bridgehead atoms. The predicted molar refractivity (Wildman–Crippen MR) is 75.0 cm³/mol. The van der Waals surface area contributed by atoms with Crippen molar-refractivity contribution in [1.82, 2.24) is 4.98 Å². The Morgan fingerprint density at radius 1 is 1.05 bits per heavy atom. The van der Waals surface area contributed by atoms with Gasteiger partial charge in [-0.25, -0.2) is 4.98 Å². The van der Waals surface area contributed by atoms with E-state index in [-0.39, 0.29) is 5.78 Å². The molecule has 0 radical (unpaired) electrons. The molecular formula is C16H17NO2. The number of hydrogen-bond acceptors (Lipinski definition) is 3. The van der Waals surface area contributed by atoms with Crippen LogP contribution in [0.1, 0.15) is 34.0 Å². The summed E-state index contributed by atoms with van der Waals surface area (Å²) in [6.45, 7) is 7.60. The van der Waals surface area contributed by atoms with Gasteiger partial charge < -0.3 is 4.74 Å². The van der Waals surface area contributed by atoms with Crippen LogP contribution in [0.5, 0.6) is 11.6 Å². The van der Waals surface area contributed by atoms with E-state index >= 15 is 0 Å². The number of ketones is 1. The van der Waals surface area contributed by atoms with Gasteiger partial charge in [-0.15, -0.1) is 0 Å². The molecule has 0 saturated heterocycles. The number of Topliss-reactive ketones (excluding diaryl/α,β-unsaturated/α-hetero) is 1. The van der Waals surface area contributed by atoms with Gasteiger partial charge in [-0.2, -0.15) is 0 Å². The second kappa shape index (κ2) is 5.22. The molecule has 19 heavy (non-hydrogen) atoms. The number of rotatable bonds is 3. The number of carbonyl (C=O) groups is 1. The van der Waals surface area contributed by atoms with Crippen LogP contribution in [0, 0.1) is 20.8 Å². The molecule has 2 aromatic rings. The Hall–Kier alpha value is -2.16. The fourth-order valence-corrected chi connectivity index (χ4v) is 1.84. The first-order chi connectivity index (χ1) is 8.99. The van der Waals surface area contributed by atoms with E-state index in [4.69, 9.17) is 4.74 Å². The monoisotopic (exact) mass is 255 g/mol. The third-order valence-electron chi connectivity index (χ3n) is 3.22. The van der Waals surface area contributed by atoms with E-state index in [0.717, 1.165) is 16.9 Å². The molecule has 0 fully saturated rings. The average Bonchev–Trinajstić information content (AvgIpc) is 2.40. The van der Waals surface area contributed by atoms with Crippen molar-refractivity contribution in [3.05, 3.63) is 52.7 Å². The van der Waals surface area contributed by atoms with Crippen LogP contribution < -0.4 is 4.74 Å². The largest absolute Gasteiger partial charge is 0.438 e. The van der Waals surface area contributed by atoms with E-state index in [9.17, 15) is 4.79 Å². The van der Waals surface area contributed by atoms with Crippen molar-refractivity contribution in [3.8, 4) is 11.6 Å². The number of carbonyl (C=O) groups excluding carboxylic acids is 1. The van der Waals surface area contributed by atoms with Crippen molar-refractivity contribution < 1.29 is 9.53 Å². The maximum absolute atomic E-state index is 11.2. The lowest BCUT2D eigenvalue weighted by Crippen LogP contribution is -1.97. The molecule has 0 unspecified atom stereocenters. The van der Waals surface area contributed by atoms with E-state index in [1.165, 1.54) is 18.7 Å². The molecule has 0 amide bonds. The van der Waals surface area contributed by atoms with E-state index in [1.54, 1.807) is 12.1 Å². The molecule has 0 aliphatic rings. The second-order valence-electron chi connectivity index (χ2n) is 4.70. The summed E-state index contributed by atoms with van der Waals surface area (Å²) in [6.07, 6.45) is 1.54. The van der Waals surface area contributed by atoms with Gasteiger partial charge in [0.25, 0.3) is 0 Å². The summed E-state index contributed by atoms with van der Waals surface area (Å²) in [6, 6.07) is 7.55. The Bertz CT molecular complexity index is 615. The Labute approximate surface area is 113 Å². The summed E-state index contributed by atoms with van der Waals surface area (Å²) >= 11 is 0. The summed E-state index contributed by atoms with van der Waals surface area (Å²) < 4.78 is 5.83. The summed E-state index contributed by atoms with van der Waals surface area (Å²) in [5.41, 5.74) is 3.95. The van der Waals surface area contributed by atoms with Crippen molar-refractivity contribution in [1.29, 1.82) is 0 Å². The first-order valence-corrected chi connectivity index (χ1v) is 6.20. The minimum absolute atomic E-state index is 0.00182. The lowest BCUT2D eigenvalue weighted by atomic mass is 10.1. The number of hydrogen-bond donors (Lipinski definition) is 0. The SMILES string of the molecule is CC(=O)c1ccc(Oc2c(C)ccc(C)c2C)nc1. The summed E-state index contributed by atoms with van der Waals surface area (Å²) in [5.74, 6) is 1.34. The topological polar surface area (TPSA) is 39.2 Å². The minimum Gasteiger partial charge on any atom is -0.438 e. The van der Waals surface area contributed by atoms with Crippen molar-refractivity contribution >= 4 is 5.78 Å². The van der Waals surface area contributed by atoms with E-state index < -0.39 is 0 Å². The van der Waals surface area contributed by atoms with Crippen LogP contribution in [0.15, 0.2) is 30.5 Å². The molecule has 3 nitrogen and oxygen atoms in total. The molecule has 0 saturated carbocycles. The van der Waals surface area contributed by atoms with Gasteiger partial charge in [0.05, 0.1) is 0 Å². The highest BCUT2D eigenvalue weighted by molar-refractivity contribution is 5.93. The molecule has 3 heteroatoms. The third-order valence-corrected chi connectivity index (χ3v) is 3.22. The van der Waals surface area contributed by atoms with Gasteiger partial charge in [0.15, 0.2) is 5.78 Å². The number of benzene rings is 1. The Morgan fingerprint density at radius 3 is 2.32 bits per heavy atom. The zero-order chi connectivity index (χ0) is 14.0. The Kier molecular flexibility index (Phi) is 3.65. The number of nitrogens with zero attached hydrogens (tertiary/aromatic N) is 1. The first-order valence-electron chi connectivity index (χ1n) is 6.20. The molecule has 1 aromatic carbocycles. The predicted octanol–water partition coefficient (Wildman–Crippen LogP) is 4.00. The highest BCUT2D eigenvalue weighted by Crippen LogP contribution is 2.29. The Morgan fingerprint density at radius 2 is 1.74 bits per heavy atom. The fraction of sp³-hybridized carbons (Fsp3) is 0.250. The van der Waals surface area contributed by atoms with Crippen LogP contribution in [0.4, 0.5) is 0 Å². The minimum atomic E-state index is 0.00182. The molecular weight excluding hydrogens is 238 g/mol. The standard InChI is InChI=1S/C16H17NO2/c1-10-5-6-11(2)16(12(10)3)19-15-8-7-14(9-17-15)13(4)18/h5-9H,1-4H3. The van der Waals surface area contributed by atoms with Gasteiger partial charge in [0.2, 0.25) is 5.88 Å². The number of ether oxygens (including phenoxy) is 1. The zero-order valence-electron chi connectivity index (χ0n) is 11.7. The van der Waals surface area contributed by atoms with Gasteiger partial charge >= 0.3 is 0 Å². The number of aromatic nitrogens is 1. The van der Waals surface area contributed by atoms with Crippen LogP contribution in [-0.2, 0) is 0 Å². The fourth-order valence-electron chi connectivity index (χ4n) is 1.84. The molecule has 0 spiro atoms.